The molecule has 1 aliphatic carbocycles. The van der Waals surface area contributed by atoms with Gasteiger partial charge in [-0.25, -0.2) is 0 Å². The highest BCUT2D eigenvalue weighted by Crippen LogP contribution is 2.23. The van der Waals surface area contributed by atoms with E-state index in [1.54, 1.807) is 0 Å². The van der Waals surface area contributed by atoms with Crippen LogP contribution in [0.5, 0.6) is 0 Å². The number of hydrogen-bond donors (Lipinski definition) is 1. The van der Waals surface area contributed by atoms with Crippen LogP contribution in [0.3, 0.4) is 0 Å². The standard InChI is InChI=1S/C17H23NO3/c1-3-12(2)18(11-17(20)21)16(19)10-13-7-8-14-5-4-6-15(14)9-13/h7-9,12H,3-6,10-11H2,1-2H3,(H,20,21). The van der Waals surface area contributed by atoms with E-state index in [-0.39, 0.29) is 24.9 Å². The fourth-order valence-corrected chi connectivity index (χ4v) is 2.87. The molecule has 0 heterocycles. The molecule has 0 radical (unpaired) electrons. The minimum Gasteiger partial charge on any atom is -0.480 e. The van der Waals surface area contributed by atoms with Crippen molar-refractivity contribution in [2.24, 2.45) is 0 Å². The summed E-state index contributed by atoms with van der Waals surface area (Å²) in [6.45, 7) is 3.63. The van der Waals surface area contributed by atoms with Crippen LogP contribution in [-0.2, 0) is 28.9 Å². The van der Waals surface area contributed by atoms with E-state index in [9.17, 15) is 9.59 Å². The Morgan fingerprint density at radius 3 is 2.67 bits per heavy atom. The summed E-state index contributed by atoms with van der Waals surface area (Å²) in [6.07, 6.45) is 4.43. The summed E-state index contributed by atoms with van der Waals surface area (Å²) in [5.74, 6) is -1.07. The van der Waals surface area contributed by atoms with Crippen molar-refractivity contribution in [1.82, 2.24) is 4.90 Å². The van der Waals surface area contributed by atoms with E-state index in [0.29, 0.717) is 0 Å². The summed E-state index contributed by atoms with van der Waals surface area (Å²) in [4.78, 5) is 24.8. The maximum atomic E-state index is 12.4. The molecule has 1 amide bonds. The Bertz CT molecular complexity index is 539. The normalized spacial score (nSPS) is 14.6. The number of rotatable bonds is 6. The van der Waals surface area contributed by atoms with Crippen molar-refractivity contribution < 1.29 is 14.7 Å². The van der Waals surface area contributed by atoms with Gasteiger partial charge in [0.1, 0.15) is 6.54 Å². The van der Waals surface area contributed by atoms with Crippen LogP contribution in [0.1, 0.15) is 43.4 Å². The minimum absolute atomic E-state index is 0.0528. The molecule has 0 aliphatic heterocycles. The van der Waals surface area contributed by atoms with Crippen molar-refractivity contribution in [2.45, 2.75) is 52.0 Å². The Kier molecular flexibility index (Phi) is 4.99. The molecule has 0 aromatic heterocycles. The smallest absolute Gasteiger partial charge is 0.323 e. The number of aliphatic carboxylic acids is 1. The predicted molar refractivity (Wildman–Crippen MR) is 81.3 cm³/mol. The molecular weight excluding hydrogens is 266 g/mol. The SMILES string of the molecule is CCC(C)N(CC(=O)O)C(=O)Cc1ccc2c(c1)CCC2. The Labute approximate surface area is 125 Å². The number of carbonyl (C=O) groups is 2. The van der Waals surface area contributed by atoms with E-state index in [1.165, 1.54) is 22.4 Å². The van der Waals surface area contributed by atoms with Crippen LogP contribution in [0.15, 0.2) is 18.2 Å². The van der Waals surface area contributed by atoms with Gasteiger partial charge < -0.3 is 10.0 Å². The molecule has 1 N–H and O–H groups in total. The Morgan fingerprint density at radius 1 is 1.29 bits per heavy atom. The fourth-order valence-electron chi connectivity index (χ4n) is 2.87. The lowest BCUT2D eigenvalue weighted by molar-refractivity contribution is -0.145. The number of carboxylic acids is 1. The van der Waals surface area contributed by atoms with Crippen LogP contribution in [0.4, 0.5) is 0 Å². The van der Waals surface area contributed by atoms with Crippen molar-refractivity contribution in [2.75, 3.05) is 6.54 Å². The highest BCUT2D eigenvalue weighted by Gasteiger charge is 2.22. The topological polar surface area (TPSA) is 57.6 Å². The zero-order valence-electron chi connectivity index (χ0n) is 12.8. The monoisotopic (exact) mass is 289 g/mol. The molecule has 114 valence electrons. The summed E-state index contributed by atoms with van der Waals surface area (Å²) in [7, 11) is 0. The second-order valence-electron chi connectivity index (χ2n) is 5.81. The number of carbonyl (C=O) groups excluding carboxylic acids is 1. The number of amides is 1. The lowest BCUT2D eigenvalue weighted by Gasteiger charge is -2.27. The van der Waals surface area contributed by atoms with Gasteiger partial charge in [0, 0.05) is 6.04 Å². The molecule has 2 rings (SSSR count). The second kappa shape index (κ2) is 6.74. The van der Waals surface area contributed by atoms with Gasteiger partial charge in [-0.15, -0.1) is 0 Å². The second-order valence-corrected chi connectivity index (χ2v) is 5.81. The molecular formula is C17H23NO3. The number of benzene rings is 1. The van der Waals surface area contributed by atoms with Gasteiger partial charge in [-0.1, -0.05) is 25.1 Å². The summed E-state index contributed by atoms with van der Waals surface area (Å²) in [5.41, 5.74) is 3.71. The van der Waals surface area contributed by atoms with Crippen molar-refractivity contribution in [3.63, 3.8) is 0 Å². The van der Waals surface area contributed by atoms with Gasteiger partial charge in [-0.05, 0) is 49.3 Å². The molecule has 1 aromatic rings. The third-order valence-electron chi connectivity index (χ3n) is 4.27. The maximum absolute atomic E-state index is 12.4. The summed E-state index contributed by atoms with van der Waals surface area (Å²) in [6, 6.07) is 6.16. The summed E-state index contributed by atoms with van der Waals surface area (Å²) >= 11 is 0. The molecule has 1 atom stereocenters. The van der Waals surface area contributed by atoms with E-state index in [4.69, 9.17) is 5.11 Å². The van der Waals surface area contributed by atoms with Crippen molar-refractivity contribution >= 4 is 11.9 Å². The third-order valence-corrected chi connectivity index (χ3v) is 4.27. The largest absolute Gasteiger partial charge is 0.480 e. The highest BCUT2D eigenvalue weighted by atomic mass is 16.4. The number of fused-ring (bicyclic) bond motifs is 1. The molecule has 0 bridgehead atoms. The van der Waals surface area contributed by atoms with Gasteiger partial charge >= 0.3 is 5.97 Å². The van der Waals surface area contributed by atoms with E-state index in [0.717, 1.165) is 24.8 Å². The molecule has 1 aliphatic rings. The lowest BCUT2D eigenvalue weighted by Crippen LogP contribution is -2.42. The van der Waals surface area contributed by atoms with Gasteiger partial charge in [-0.2, -0.15) is 0 Å². The minimum atomic E-state index is -0.961. The van der Waals surface area contributed by atoms with Gasteiger partial charge in [-0.3, -0.25) is 9.59 Å². The molecule has 1 aromatic carbocycles. The van der Waals surface area contributed by atoms with Gasteiger partial charge in [0.15, 0.2) is 0 Å². The molecule has 0 saturated carbocycles. The number of aryl methyl sites for hydroxylation is 2. The molecule has 1 unspecified atom stereocenters. The number of hydrogen-bond acceptors (Lipinski definition) is 2. The zero-order chi connectivity index (χ0) is 15.4. The van der Waals surface area contributed by atoms with Crippen molar-refractivity contribution in [1.29, 1.82) is 0 Å². The number of carboxylic acid groups (broad SMARTS) is 1. The molecule has 4 nitrogen and oxygen atoms in total. The van der Waals surface area contributed by atoms with E-state index in [1.807, 2.05) is 19.9 Å². The average Bonchev–Trinajstić information content (AvgIpc) is 2.91. The Balaban J connectivity index is 2.09. The quantitative estimate of drug-likeness (QED) is 0.875. The van der Waals surface area contributed by atoms with Crippen LogP contribution >= 0.6 is 0 Å². The van der Waals surface area contributed by atoms with E-state index >= 15 is 0 Å². The number of nitrogens with zero attached hydrogens (tertiary/aromatic N) is 1. The molecule has 0 spiro atoms. The maximum Gasteiger partial charge on any atom is 0.323 e. The molecule has 0 saturated heterocycles. The first-order chi connectivity index (χ1) is 10.0. The summed E-state index contributed by atoms with van der Waals surface area (Å²) < 4.78 is 0. The zero-order valence-corrected chi connectivity index (χ0v) is 12.8. The lowest BCUT2D eigenvalue weighted by atomic mass is 10.0. The third kappa shape index (κ3) is 3.84. The van der Waals surface area contributed by atoms with Crippen LogP contribution in [0.25, 0.3) is 0 Å². The van der Waals surface area contributed by atoms with Gasteiger partial charge in [0.05, 0.1) is 6.42 Å². The fraction of sp³-hybridized carbons (Fsp3) is 0.529. The van der Waals surface area contributed by atoms with Crippen LogP contribution in [0, 0.1) is 0 Å². The highest BCUT2D eigenvalue weighted by molar-refractivity contribution is 5.83. The van der Waals surface area contributed by atoms with Crippen molar-refractivity contribution in [3.05, 3.63) is 34.9 Å². The van der Waals surface area contributed by atoms with Gasteiger partial charge in [0.2, 0.25) is 5.91 Å². The first-order valence-corrected chi connectivity index (χ1v) is 7.63. The van der Waals surface area contributed by atoms with Crippen LogP contribution < -0.4 is 0 Å². The first kappa shape index (κ1) is 15.5. The summed E-state index contributed by atoms with van der Waals surface area (Å²) in [5, 5.41) is 8.98. The predicted octanol–water partition coefficient (Wildman–Crippen LogP) is 2.43. The Morgan fingerprint density at radius 2 is 2.00 bits per heavy atom. The van der Waals surface area contributed by atoms with Crippen LogP contribution in [-0.4, -0.2) is 34.5 Å². The Hall–Kier alpha value is -1.84. The average molecular weight is 289 g/mol. The first-order valence-electron chi connectivity index (χ1n) is 7.63. The van der Waals surface area contributed by atoms with E-state index in [2.05, 4.69) is 12.1 Å². The van der Waals surface area contributed by atoms with E-state index < -0.39 is 5.97 Å². The van der Waals surface area contributed by atoms with Crippen molar-refractivity contribution in [3.8, 4) is 0 Å². The van der Waals surface area contributed by atoms with Crippen LogP contribution in [0.2, 0.25) is 0 Å². The molecule has 0 fully saturated rings. The molecule has 21 heavy (non-hydrogen) atoms. The van der Waals surface area contributed by atoms with Gasteiger partial charge in [0.25, 0.3) is 0 Å². The molecule has 4 heteroatoms.